The molecule has 136 valence electrons. The Bertz CT molecular complexity index is 1050. The van der Waals surface area contributed by atoms with Crippen LogP contribution >= 0.6 is 11.6 Å². The van der Waals surface area contributed by atoms with E-state index in [0.29, 0.717) is 0 Å². The molecule has 3 rings (SSSR count). The van der Waals surface area contributed by atoms with Crippen LogP contribution in [0.25, 0.3) is 0 Å². The molecule has 0 unspecified atom stereocenters. The van der Waals surface area contributed by atoms with E-state index >= 15 is 0 Å². The Morgan fingerprint density at radius 3 is 2.00 bits per heavy atom. The lowest BCUT2D eigenvalue weighted by molar-refractivity contribution is -0.132. The third-order valence-electron chi connectivity index (χ3n) is 3.81. The maximum Gasteiger partial charge on any atom is 0.308 e. The first-order valence-corrected chi connectivity index (χ1v) is 8.05. The van der Waals surface area contributed by atoms with Crippen molar-refractivity contribution in [2.24, 2.45) is 0 Å². The number of hydrogen-bond acceptors (Lipinski definition) is 7. The molecule has 0 atom stereocenters. The second-order valence-corrected chi connectivity index (χ2v) is 6.04. The predicted octanol–water partition coefficient (Wildman–Crippen LogP) is 2.69. The molecule has 1 aliphatic rings. The largest absolute Gasteiger partial charge is 0.426 e. The molecule has 0 amide bonds. The molecule has 0 saturated carbocycles. The molecule has 7 nitrogen and oxygen atoms in total. The molecule has 0 bridgehead atoms. The minimum atomic E-state index is -0.883. The van der Waals surface area contributed by atoms with E-state index in [0.717, 1.165) is 19.9 Å². The summed E-state index contributed by atoms with van der Waals surface area (Å²) in [6, 6.07) is 6.50. The van der Waals surface area contributed by atoms with Gasteiger partial charge in [0.05, 0.1) is 11.1 Å². The third-order valence-corrected chi connectivity index (χ3v) is 4.02. The summed E-state index contributed by atoms with van der Waals surface area (Å²) in [4.78, 5) is 60.3. The van der Waals surface area contributed by atoms with Gasteiger partial charge in [-0.25, -0.2) is 0 Å². The number of carbonyl (C=O) groups excluding carboxylic acids is 5. The lowest BCUT2D eigenvalue weighted by Crippen LogP contribution is -2.24. The van der Waals surface area contributed by atoms with Gasteiger partial charge in [-0.3, -0.25) is 24.0 Å². The van der Waals surface area contributed by atoms with Crippen LogP contribution in [0.15, 0.2) is 30.3 Å². The minimum Gasteiger partial charge on any atom is -0.426 e. The Kier molecular flexibility index (Phi) is 4.63. The first-order valence-electron chi connectivity index (χ1n) is 7.67. The van der Waals surface area contributed by atoms with E-state index in [2.05, 4.69) is 0 Å². The minimum absolute atomic E-state index is 0.000744. The first-order chi connectivity index (χ1) is 12.7. The zero-order valence-corrected chi connectivity index (χ0v) is 14.9. The van der Waals surface area contributed by atoms with E-state index in [4.69, 9.17) is 21.1 Å². The standard InChI is InChI=1S/C19H11ClO7/c1-8(21)26-13-5-3-4-11-15(13)18(24)16-12(17(11)23)6-10(19(20)25)7-14(16)27-9(2)22/h3-7H,1-2H3. The smallest absolute Gasteiger partial charge is 0.308 e. The van der Waals surface area contributed by atoms with Crippen molar-refractivity contribution >= 4 is 40.3 Å². The summed E-state index contributed by atoms with van der Waals surface area (Å²) in [6.45, 7) is 2.26. The molecule has 2 aromatic carbocycles. The first kappa shape index (κ1) is 18.5. The summed E-state index contributed by atoms with van der Waals surface area (Å²) in [5, 5.41) is -0.883. The quantitative estimate of drug-likeness (QED) is 0.387. The lowest BCUT2D eigenvalue weighted by atomic mass is 9.82. The van der Waals surface area contributed by atoms with Gasteiger partial charge in [-0.15, -0.1) is 0 Å². The summed E-state index contributed by atoms with van der Waals surface area (Å²) in [5.41, 5.74) is -0.561. The zero-order valence-electron chi connectivity index (χ0n) is 14.1. The number of hydrogen-bond donors (Lipinski definition) is 0. The molecule has 2 aromatic rings. The van der Waals surface area contributed by atoms with E-state index < -0.39 is 28.7 Å². The molecule has 27 heavy (non-hydrogen) atoms. The van der Waals surface area contributed by atoms with Crippen molar-refractivity contribution in [2.45, 2.75) is 13.8 Å². The van der Waals surface area contributed by atoms with Gasteiger partial charge in [-0.1, -0.05) is 12.1 Å². The highest BCUT2D eigenvalue weighted by Gasteiger charge is 2.36. The van der Waals surface area contributed by atoms with Crippen molar-refractivity contribution in [3.63, 3.8) is 0 Å². The van der Waals surface area contributed by atoms with Crippen molar-refractivity contribution in [1.82, 2.24) is 0 Å². The second-order valence-electron chi connectivity index (χ2n) is 5.69. The van der Waals surface area contributed by atoms with Gasteiger partial charge in [0.2, 0.25) is 5.78 Å². The predicted molar refractivity (Wildman–Crippen MR) is 92.6 cm³/mol. The van der Waals surface area contributed by atoms with Gasteiger partial charge in [0.1, 0.15) is 11.5 Å². The van der Waals surface area contributed by atoms with Crippen LogP contribution in [0.3, 0.4) is 0 Å². The molecule has 8 heteroatoms. The summed E-state index contributed by atoms with van der Waals surface area (Å²) >= 11 is 5.49. The van der Waals surface area contributed by atoms with Crippen LogP contribution in [0.5, 0.6) is 11.5 Å². The molecule has 0 aliphatic heterocycles. The number of fused-ring (bicyclic) bond motifs is 2. The zero-order chi connectivity index (χ0) is 19.9. The van der Waals surface area contributed by atoms with E-state index in [1.54, 1.807) is 0 Å². The summed E-state index contributed by atoms with van der Waals surface area (Å²) in [7, 11) is 0. The molecule has 0 N–H and O–H groups in total. The topological polar surface area (TPSA) is 104 Å². The fourth-order valence-corrected chi connectivity index (χ4v) is 2.95. The van der Waals surface area contributed by atoms with Gasteiger partial charge in [-0.05, 0) is 29.8 Å². The highest BCUT2D eigenvalue weighted by atomic mass is 35.5. The van der Waals surface area contributed by atoms with Crippen LogP contribution in [0.2, 0.25) is 0 Å². The Morgan fingerprint density at radius 1 is 0.815 bits per heavy atom. The van der Waals surface area contributed by atoms with Crippen LogP contribution in [-0.4, -0.2) is 28.7 Å². The summed E-state index contributed by atoms with van der Waals surface area (Å²) < 4.78 is 10.1. The van der Waals surface area contributed by atoms with Crippen molar-refractivity contribution in [2.75, 3.05) is 0 Å². The van der Waals surface area contributed by atoms with Gasteiger partial charge in [0.25, 0.3) is 5.24 Å². The van der Waals surface area contributed by atoms with E-state index in [-0.39, 0.29) is 39.3 Å². The molecule has 0 fully saturated rings. The fraction of sp³-hybridized carbons (Fsp3) is 0.105. The molecule has 0 aromatic heterocycles. The Balaban J connectivity index is 2.31. The Labute approximate surface area is 157 Å². The van der Waals surface area contributed by atoms with Gasteiger partial charge in [0, 0.05) is 30.5 Å². The number of benzene rings is 2. The third kappa shape index (κ3) is 3.24. The molecular weight excluding hydrogens is 376 g/mol. The SMILES string of the molecule is CC(=O)Oc1cccc2c1C(=O)c1c(OC(C)=O)cc(C(=O)Cl)cc1C2=O. The van der Waals surface area contributed by atoms with E-state index in [1.165, 1.54) is 24.3 Å². The average Bonchev–Trinajstić information content (AvgIpc) is 2.57. The molecule has 0 radical (unpaired) electrons. The number of ether oxygens (including phenoxy) is 2. The van der Waals surface area contributed by atoms with Crippen LogP contribution in [0, 0.1) is 0 Å². The van der Waals surface area contributed by atoms with Crippen molar-refractivity contribution in [3.8, 4) is 11.5 Å². The van der Waals surface area contributed by atoms with Crippen LogP contribution in [0.4, 0.5) is 0 Å². The maximum absolute atomic E-state index is 13.1. The number of rotatable bonds is 3. The molecule has 1 aliphatic carbocycles. The average molecular weight is 387 g/mol. The van der Waals surface area contributed by atoms with Crippen molar-refractivity contribution in [3.05, 3.63) is 58.1 Å². The second kappa shape index (κ2) is 6.77. The van der Waals surface area contributed by atoms with Gasteiger partial charge < -0.3 is 9.47 Å². The number of ketones is 2. The highest BCUT2D eigenvalue weighted by molar-refractivity contribution is 6.67. The van der Waals surface area contributed by atoms with Crippen LogP contribution in [0.1, 0.15) is 56.0 Å². The monoisotopic (exact) mass is 386 g/mol. The molecule has 0 heterocycles. The maximum atomic E-state index is 13.1. The Hall–Kier alpha value is -3.32. The van der Waals surface area contributed by atoms with Crippen LogP contribution < -0.4 is 9.47 Å². The van der Waals surface area contributed by atoms with Gasteiger partial charge >= 0.3 is 11.9 Å². The molecular formula is C19H11ClO7. The molecule has 0 spiro atoms. The van der Waals surface area contributed by atoms with Crippen molar-refractivity contribution in [1.29, 1.82) is 0 Å². The normalized spacial score (nSPS) is 12.1. The number of carbonyl (C=O) groups is 5. The van der Waals surface area contributed by atoms with Gasteiger partial charge in [0.15, 0.2) is 5.78 Å². The highest BCUT2D eigenvalue weighted by Crippen LogP contribution is 2.38. The molecule has 0 saturated heterocycles. The lowest BCUT2D eigenvalue weighted by Gasteiger charge is -2.21. The Morgan fingerprint density at radius 2 is 1.41 bits per heavy atom. The number of halogens is 1. The van der Waals surface area contributed by atoms with Crippen molar-refractivity contribution < 1.29 is 33.4 Å². The van der Waals surface area contributed by atoms with Crippen LogP contribution in [-0.2, 0) is 9.59 Å². The van der Waals surface area contributed by atoms with E-state index in [9.17, 15) is 24.0 Å². The van der Waals surface area contributed by atoms with Gasteiger partial charge in [-0.2, -0.15) is 0 Å². The number of esters is 2. The summed E-state index contributed by atoms with van der Waals surface area (Å²) in [5.74, 6) is -3.06. The fourth-order valence-electron chi connectivity index (χ4n) is 2.84. The van der Waals surface area contributed by atoms with E-state index in [1.807, 2.05) is 0 Å². The summed E-state index contributed by atoms with van der Waals surface area (Å²) in [6.07, 6.45) is 0.